The Balaban J connectivity index is 0.00000364. The Hall–Kier alpha value is -0.820. The number of piperidine rings is 1. The first-order valence-corrected chi connectivity index (χ1v) is 10.1. The van der Waals surface area contributed by atoms with Crippen molar-refractivity contribution in [2.75, 3.05) is 33.2 Å². The molecule has 0 saturated carbocycles. The number of hydrogen-bond acceptors (Lipinski definition) is 2. The van der Waals surface area contributed by atoms with E-state index in [1.165, 1.54) is 38.0 Å². The first-order chi connectivity index (χ1) is 12.4. The van der Waals surface area contributed by atoms with Crippen LogP contribution < -0.4 is 10.6 Å². The van der Waals surface area contributed by atoms with Gasteiger partial charge in [-0.2, -0.15) is 0 Å². The molecule has 4 nitrogen and oxygen atoms in total. The minimum Gasteiger partial charge on any atom is -0.356 e. The highest BCUT2D eigenvalue weighted by atomic mass is 127. The Bertz CT molecular complexity index is 549. The Morgan fingerprint density at radius 3 is 2.37 bits per heavy atom. The monoisotopic (exact) mass is 486 g/mol. The number of benzene rings is 1. The van der Waals surface area contributed by atoms with E-state index in [4.69, 9.17) is 0 Å². The van der Waals surface area contributed by atoms with Gasteiger partial charge in [-0.3, -0.25) is 4.99 Å². The van der Waals surface area contributed by atoms with Gasteiger partial charge in [0.05, 0.1) is 0 Å². The van der Waals surface area contributed by atoms with Gasteiger partial charge in [0.25, 0.3) is 0 Å². The lowest BCUT2D eigenvalue weighted by Gasteiger charge is -2.34. The van der Waals surface area contributed by atoms with Gasteiger partial charge in [-0.05, 0) is 36.2 Å². The van der Waals surface area contributed by atoms with Crippen LogP contribution in [0.1, 0.15) is 46.1 Å². The molecule has 154 valence electrons. The largest absolute Gasteiger partial charge is 0.356 e. The normalized spacial score (nSPS) is 16.9. The van der Waals surface area contributed by atoms with Gasteiger partial charge in [-0.1, -0.05) is 58.0 Å². The molecule has 1 heterocycles. The molecular formula is C22H39IN4. The fourth-order valence-electron chi connectivity index (χ4n) is 3.70. The molecule has 27 heavy (non-hydrogen) atoms. The molecule has 1 fully saturated rings. The van der Waals surface area contributed by atoms with E-state index in [1.54, 1.807) is 0 Å². The van der Waals surface area contributed by atoms with Gasteiger partial charge in [-0.15, -0.1) is 24.0 Å². The Labute approximate surface area is 183 Å². The number of nitrogens with one attached hydrogen (secondary N) is 2. The maximum atomic E-state index is 4.44. The van der Waals surface area contributed by atoms with E-state index in [0.717, 1.165) is 24.8 Å². The molecule has 1 aromatic carbocycles. The second kappa shape index (κ2) is 11.9. The van der Waals surface area contributed by atoms with Crippen LogP contribution in [-0.4, -0.2) is 50.1 Å². The summed E-state index contributed by atoms with van der Waals surface area (Å²) in [7, 11) is 1.87. The van der Waals surface area contributed by atoms with E-state index in [2.05, 4.69) is 78.6 Å². The SMILES string of the molecule is CN=C(NCC(C)(C)Cc1ccccc1)NC1CCN(CC(C)C)CC1.I. The summed E-state index contributed by atoms with van der Waals surface area (Å²) in [5, 5.41) is 7.17. The minimum absolute atomic E-state index is 0. The average molecular weight is 486 g/mol. The van der Waals surface area contributed by atoms with Crippen LogP contribution >= 0.6 is 24.0 Å². The summed E-state index contributed by atoms with van der Waals surface area (Å²) in [5.41, 5.74) is 1.57. The summed E-state index contributed by atoms with van der Waals surface area (Å²) in [4.78, 5) is 7.03. The Morgan fingerprint density at radius 2 is 1.81 bits per heavy atom. The molecule has 1 aliphatic rings. The molecule has 0 unspecified atom stereocenters. The maximum absolute atomic E-state index is 4.44. The summed E-state index contributed by atoms with van der Waals surface area (Å²) in [5.74, 6) is 1.69. The molecule has 0 atom stereocenters. The average Bonchev–Trinajstić information content (AvgIpc) is 2.60. The molecule has 1 saturated heterocycles. The van der Waals surface area contributed by atoms with Crippen molar-refractivity contribution in [1.82, 2.24) is 15.5 Å². The van der Waals surface area contributed by atoms with Crippen LogP contribution in [0.2, 0.25) is 0 Å². The first-order valence-electron chi connectivity index (χ1n) is 10.1. The highest BCUT2D eigenvalue weighted by molar-refractivity contribution is 14.0. The molecule has 0 amide bonds. The van der Waals surface area contributed by atoms with Gasteiger partial charge < -0.3 is 15.5 Å². The van der Waals surface area contributed by atoms with Gasteiger partial charge in [-0.25, -0.2) is 0 Å². The van der Waals surface area contributed by atoms with Gasteiger partial charge in [0.15, 0.2) is 5.96 Å². The smallest absolute Gasteiger partial charge is 0.191 e. The number of rotatable bonds is 7. The van der Waals surface area contributed by atoms with E-state index in [1.807, 2.05) is 7.05 Å². The molecule has 1 aliphatic heterocycles. The number of aliphatic imine (C=N–C) groups is 1. The topological polar surface area (TPSA) is 39.7 Å². The summed E-state index contributed by atoms with van der Waals surface area (Å²) < 4.78 is 0. The highest BCUT2D eigenvalue weighted by Crippen LogP contribution is 2.20. The lowest BCUT2D eigenvalue weighted by molar-refractivity contribution is 0.186. The van der Waals surface area contributed by atoms with E-state index >= 15 is 0 Å². The van der Waals surface area contributed by atoms with Crippen molar-refractivity contribution >= 4 is 29.9 Å². The third-order valence-corrected chi connectivity index (χ3v) is 5.04. The van der Waals surface area contributed by atoms with Crippen LogP contribution in [0, 0.1) is 11.3 Å². The van der Waals surface area contributed by atoms with Crippen LogP contribution in [0.25, 0.3) is 0 Å². The standard InChI is InChI=1S/C22H38N4.HI/c1-18(2)16-26-13-11-20(12-14-26)25-21(23-5)24-17-22(3,4)15-19-9-7-6-8-10-19;/h6-10,18,20H,11-17H2,1-5H3,(H2,23,24,25);1H. The van der Waals surface area contributed by atoms with E-state index < -0.39 is 0 Å². The summed E-state index contributed by atoms with van der Waals surface area (Å²) in [6.45, 7) is 13.7. The van der Waals surface area contributed by atoms with Crippen LogP contribution in [0.5, 0.6) is 0 Å². The van der Waals surface area contributed by atoms with Crippen molar-refractivity contribution in [3.05, 3.63) is 35.9 Å². The molecular weight excluding hydrogens is 447 g/mol. The number of nitrogens with zero attached hydrogens (tertiary/aromatic N) is 2. The summed E-state index contributed by atoms with van der Waals surface area (Å²) in [6, 6.07) is 11.3. The van der Waals surface area contributed by atoms with Crippen molar-refractivity contribution in [2.24, 2.45) is 16.3 Å². The molecule has 0 aromatic heterocycles. The number of halogens is 1. The Morgan fingerprint density at radius 1 is 1.19 bits per heavy atom. The van der Waals surface area contributed by atoms with Gasteiger partial charge in [0.2, 0.25) is 0 Å². The van der Waals surface area contributed by atoms with Crippen LogP contribution in [0.4, 0.5) is 0 Å². The predicted molar refractivity (Wildman–Crippen MR) is 128 cm³/mol. The molecule has 1 aromatic rings. The number of guanidine groups is 1. The van der Waals surface area contributed by atoms with Crippen molar-refractivity contribution in [1.29, 1.82) is 0 Å². The Kier molecular flexibility index (Phi) is 10.7. The van der Waals surface area contributed by atoms with Gasteiger partial charge in [0.1, 0.15) is 0 Å². The third kappa shape index (κ3) is 9.28. The van der Waals surface area contributed by atoms with E-state index in [9.17, 15) is 0 Å². The molecule has 5 heteroatoms. The van der Waals surface area contributed by atoms with Crippen molar-refractivity contribution < 1.29 is 0 Å². The van der Waals surface area contributed by atoms with Crippen molar-refractivity contribution in [3.8, 4) is 0 Å². The molecule has 0 spiro atoms. The zero-order chi connectivity index (χ0) is 19.0. The summed E-state index contributed by atoms with van der Waals surface area (Å²) in [6.07, 6.45) is 3.45. The second-order valence-corrected chi connectivity index (χ2v) is 8.87. The molecule has 2 N–H and O–H groups in total. The molecule has 0 aliphatic carbocycles. The van der Waals surface area contributed by atoms with Crippen molar-refractivity contribution in [2.45, 2.75) is 53.0 Å². The van der Waals surface area contributed by atoms with Gasteiger partial charge >= 0.3 is 0 Å². The third-order valence-electron chi connectivity index (χ3n) is 5.04. The fourth-order valence-corrected chi connectivity index (χ4v) is 3.70. The predicted octanol–water partition coefficient (Wildman–Crippen LogP) is 4.16. The number of likely N-dealkylation sites (tertiary alicyclic amines) is 1. The zero-order valence-electron chi connectivity index (χ0n) is 17.8. The maximum Gasteiger partial charge on any atom is 0.191 e. The highest BCUT2D eigenvalue weighted by Gasteiger charge is 2.22. The lowest BCUT2D eigenvalue weighted by atomic mass is 9.86. The van der Waals surface area contributed by atoms with Gasteiger partial charge in [0, 0.05) is 39.3 Å². The van der Waals surface area contributed by atoms with Crippen LogP contribution in [-0.2, 0) is 6.42 Å². The number of hydrogen-bond donors (Lipinski definition) is 2. The quantitative estimate of drug-likeness (QED) is 0.346. The molecule has 0 radical (unpaired) electrons. The zero-order valence-corrected chi connectivity index (χ0v) is 20.1. The van der Waals surface area contributed by atoms with Crippen molar-refractivity contribution in [3.63, 3.8) is 0 Å². The van der Waals surface area contributed by atoms with E-state index in [0.29, 0.717) is 6.04 Å². The van der Waals surface area contributed by atoms with E-state index in [-0.39, 0.29) is 29.4 Å². The molecule has 0 bridgehead atoms. The minimum atomic E-state index is 0. The fraction of sp³-hybridized carbons (Fsp3) is 0.682. The van der Waals surface area contributed by atoms with Crippen LogP contribution in [0.15, 0.2) is 35.3 Å². The lowest BCUT2D eigenvalue weighted by Crippen LogP contribution is -2.50. The summed E-state index contributed by atoms with van der Waals surface area (Å²) >= 11 is 0. The second-order valence-electron chi connectivity index (χ2n) is 8.87. The molecule has 2 rings (SSSR count). The van der Waals surface area contributed by atoms with Crippen LogP contribution in [0.3, 0.4) is 0 Å². The first kappa shape index (κ1) is 24.2.